The van der Waals surface area contributed by atoms with Gasteiger partial charge < -0.3 is 20.5 Å². The normalized spacial score (nSPS) is 16.2. The van der Waals surface area contributed by atoms with Crippen LogP contribution in [0.5, 0.6) is 0 Å². The number of rotatable bonds is 9. The van der Waals surface area contributed by atoms with E-state index in [0.29, 0.717) is 18.4 Å². The van der Waals surface area contributed by atoms with Gasteiger partial charge in [-0.05, 0) is 52.4 Å². The Hall–Kier alpha value is -0.810. The second kappa shape index (κ2) is 9.36. The standard InChI is InChI=1S/C17H36N2O3/c1-8-17(7,9-10-20)19-12-14(13(2)3)11-18-15(21)22-16(4,5)6/h13-14,19-20H,8-12H2,1-7H3,(H,18,21). The molecule has 0 bridgehead atoms. The molecule has 0 heterocycles. The van der Waals surface area contributed by atoms with Crippen molar-refractivity contribution in [3.05, 3.63) is 0 Å². The molecule has 0 aliphatic rings. The van der Waals surface area contributed by atoms with E-state index in [1.54, 1.807) is 0 Å². The van der Waals surface area contributed by atoms with Crippen molar-refractivity contribution in [3.63, 3.8) is 0 Å². The summed E-state index contributed by atoms with van der Waals surface area (Å²) in [6.07, 6.45) is 1.32. The Morgan fingerprint density at radius 2 is 1.77 bits per heavy atom. The number of carbonyl (C=O) groups is 1. The number of hydrogen-bond donors (Lipinski definition) is 3. The number of amides is 1. The molecular weight excluding hydrogens is 280 g/mol. The summed E-state index contributed by atoms with van der Waals surface area (Å²) in [4.78, 5) is 11.8. The van der Waals surface area contributed by atoms with Crippen LogP contribution in [0.15, 0.2) is 0 Å². The second-order valence-corrected chi connectivity index (χ2v) is 7.66. The summed E-state index contributed by atoms with van der Waals surface area (Å²) in [5.74, 6) is 0.759. The molecule has 0 aliphatic carbocycles. The number of carbonyl (C=O) groups excluding carboxylic acids is 1. The van der Waals surface area contributed by atoms with E-state index in [9.17, 15) is 9.90 Å². The molecule has 5 heteroatoms. The van der Waals surface area contributed by atoms with Crippen LogP contribution in [0, 0.1) is 11.8 Å². The lowest BCUT2D eigenvalue weighted by atomic mass is 9.91. The fraction of sp³-hybridized carbons (Fsp3) is 0.941. The van der Waals surface area contributed by atoms with Crippen molar-refractivity contribution in [2.24, 2.45) is 11.8 Å². The number of aliphatic hydroxyl groups is 1. The lowest BCUT2D eigenvalue weighted by Gasteiger charge is -2.32. The van der Waals surface area contributed by atoms with Crippen LogP contribution >= 0.6 is 0 Å². The third kappa shape index (κ3) is 9.26. The Kier molecular flexibility index (Phi) is 9.01. The van der Waals surface area contributed by atoms with E-state index in [2.05, 4.69) is 38.3 Å². The van der Waals surface area contributed by atoms with Crippen LogP contribution < -0.4 is 10.6 Å². The zero-order chi connectivity index (χ0) is 17.4. The fourth-order valence-electron chi connectivity index (χ4n) is 2.09. The van der Waals surface area contributed by atoms with Gasteiger partial charge in [-0.15, -0.1) is 0 Å². The van der Waals surface area contributed by atoms with Crippen molar-refractivity contribution in [2.75, 3.05) is 19.7 Å². The van der Waals surface area contributed by atoms with Crippen LogP contribution in [0.3, 0.4) is 0 Å². The van der Waals surface area contributed by atoms with Gasteiger partial charge in [0.05, 0.1) is 0 Å². The molecule has 0 radical (unpaired) electrons. The number of ether oxygens (including phenoxy) is 1. The highest BCUT2D eigenvalue weighted by molar-refractivity contribution is 5.67. The van der Waals surface area contributed by atoms with Crippen LogP contribution in [0.1, 0.15) is 61.3 Å². The topological polar surface area (TPSA) is 70.6 Å². The highest BCUT2D eigenvalue weighted by Crippen LogP contribution is 2.17. The lowest BCUT2D eigenvalue weighted by molar-refractivity contribution is 0.0514. The molecule has 5 nitrogen and oxygen atoms in total. The molecule has 3 N–H and O–H groups in total. The Balaban J connectivity index is 4.41. The maximum atomic E-state index is 11.8. The largest absolute Gasteiger partial charge is 0.444 e. The molecule has 2 atom stereocenters. The first-order valence-electron chi connectivity index (χ1n) is 8.35. The summed E-state index contributed by atoms with van der Waals surface area (Å²) in [5, 5.41) is 15.6. The molecule has 0 aromatic rings. The molecule has 0 aliphatic heterocycles. The van der Waals surface area contributed by atoms with E-state index in [-0.39, 0.29) is 18.2 Å². The Morgan fingerprint density at radius 3 is 2.18 bits per heavy atom. The van der Waals surface area contributed by atoms with Gasteiger partial charge >= 0.3 is 6.09 Å². The molecule has 0 fully saturated rings. The van der Waals surface area contributed by atoms with E-state index in [1.807, 2.05) is 20.8 Å². The predicted octanol–water partition coefficient (Wildman–Crippen LogP) is 2.92. The van der Waals surface area contributed by atoms with E-state index >= 15 is 0 Å². The molecule has 0 aromatic heterocycles. The average molecular weight is 316 g/mol. The van der Waals surface area contributed by atoms with Gasteiger partial charge in [0.15, 0.2) is 0 Å². The van der Waals surface area contributed by atoms with E-state index in [0.717, 1.165) is 19.4 Å². The molecular formula is C17H36N2O3. The zero-order valence-electron chi connectivity index (χ0n) is 15.5. The predicted molar refractivity (Wildman–Crippen MR) is 91.0 cm³/mol. The van der Waals surface area contributed by atoms with Crippen LogP contribution in [0.4, 0.5) is 4.79 Å². The zero-order valence-corrected chi connectivity index (χ0v) is 15.5. The quantitative estimate of drug-likeness (QED) is 0.612. The highest BCUT2D eigenvalue weighted by Gasteiger charge is 2.24. The van der Waals surface area contributed by atoms with Gasteiger partial charge in [-0.3, -0.25) is 0 Å². The van der Waals surface area contributed by atoms with Crippen molar-refractivity contribution in [2.45, 2.75) is 72.4 Å². The number of alkyl carbamates (subject to hydrolysis) is 1. The molecule has 0 spiro atoms. The maximum Gasteiger partial charge on any atom is 0.407 e. The smallest absolute Gasteiger partial charge is 0.407 e. The van der Waals surface area contributed by atoms with Gasteiger partial charge in [-0.1, -0.05) is 20.8 Å². The summed E-state index contributed by atoms with van der Waals surface area (Å²) in [6.45, 7) is 15.7. The molecule has 132 valence electrons. The van der Waals surface area contributed by atoms with Gasteiger partial charge in [-0.25, -0.2) is 4.79 Å². The summed E-state index contributed by atoms with van der Waals surface area (Å²) in [7, 11) is 0. The number of nitrogens with one attached hydrogen (secondary N) is 2. The molecule has 0 saturated heterocycles. The molecule has 2 unspecified atom stereocenters. The van der Waals surface area contributed by atoms with E-state index < -0.39 is 5.60 Å². The van der Waals surface area contributed by atoms with Gasteiger partial charge in [0.2, 0.25) is 0 Å². The third-order valence-electron chi connectivity index (χ3n) is 4.09. The first kappa shape index (κ1) is 21.2. The molecule has 0 aromatic carbocycles. The minimum atomic E-state index is -0.475. The second-order valence-electron chi connectivity index (χ2n) is 7.66. The Labute approximate surface area is 136 Å². The van der Waals surface area contributed by atoms with Crippen molar-refractivity contribution < 1.29 is 14.6 Å². The highest BCUT2D eigenvalue weighted by atomic mass is 16.6. The van der Waals surface area contributed by atoms with Gasteiger partial charge in [-0.2, -0.15) is 0 Å². The lowest BCUT2D eigenvalue weighted by Crippen LogP contribution is -2.47. The van der Waals surface area contributed by atoms with Gasteiger partial charge in [0.25, 0.3) is 0 Å². The first-order valence-corrected chi connectivity index (χ1v) is 8.35. The van der Waals surface area contributed by atoms with Crippen molar-refractivity contribution >= 4 is 6.09 Å². The molecule has 1 amide bonds. The Morgan fingerprint density at radius 1 is 1.18 bits per heavy atom. The van der Waals surface area contributed by atoms with Crippen molar-refractivity contribution in [1.82, 2.24) is 10.6 Å². The maximum absolute atomic E-state index is 11.8. The summed E-state index contributed by atoms with van der Waals surface area (Å²) < 4.78 is 5.27. The van der Waals surface area contributed by atoms with Crippen LogP contribution in [0.25, 0.3) is 0 Å². The van der Waals surface area contributed by atoms with Gasteiger partial charge in [0, 0.05) is 25.2 Å². The van der Waals surface area contributed by atoms with Gasteiger partial charge in [0.1, 0.15) is 5.60 Å². The number of hydrogen-bond acceptors (Lipinski definition) is 4. The minimum absolute atomic E-state index is 0.0617. The average Bonchev–Trinajstić information content (AvgIpc) is 2.36. The van der Waals surface area contributed by atoms with Crippen molar-refractivity contribution in [3.8, 4) is 0 Å². The first-order chi connectivity index (χ1) is 10.0. The van der Waals surface area contributed by atoms with Crippen molar-refractivity contribution in [1.29, 1.82) is 0 Å². The van der Waals surface area contributed by atoms with Crippen LogP contribution in [0.2, 0.25) is 0 Å². The molecule has 0 rings (SSSR count). The molecule has 22 heavy (non-hydrogen) atoms. The monoisotopic (exact) mass is 316 g/mol. The van der Waals surface area contributed by atoms with Crippen LogP contribution in [-0.2, 0) is 4.74 Å². The fourth-order valence-corrected chi connectivity index (χ4v) is 2.09. The molecule has 0 saturated carbocycles. The van der Waals surface area contributed by atoms with E-state index in [1.165, 1.54) is 0 Å². The SMILES string of the molecule is CCC(C)(CCO)NCC(CNC(=O)OC(C)(C)C)C(C)C. The number of aliphatic hydroxyl groups excluding tert-OH is 1. The third-order valence-corrected chi connectivity index (χ3v) is 4.09. The Bertz CT molecular complexity index is 326. The minimum Gasteiger partial charge on any atom is -0.444 e. The van der Waals surface area contributed by atoms with Crippen LogP contribution in [-0.4, -0.2) is 42.0 Å². The summed E-state index contributed by atoms with van der Waals surface area (Å²) in [6, 6.07) is 0. The summed E-state index contributed by atoms with van der Waals surface area (Å²) >= 11 is 0. The van der Waals surface area contributed by atoms with E-state index in [4.69, 9.17) is 4.74 Å². The summed E-state index contributed by atoms with van der Waals surface area (Å²) in [5.41, 5.74) is -0.536.